The largest absolute Gasteiger partial charge is 0.416 e. The summed E-state index contributed by atoms with van der Waals surface area (Å²) in [5.74, 6) is -0.986. The Morgan fingerprint density at radius 1 is 1.13 bits per heavy atom. The third-order valence-electron chi connectivity index (χ3n) is 5.66. The Hall–Kier alpha value is -2.59. The van der Waals surface area contributed by atoms with Crippen LogP contribution in [-0.4, -0.2) is 38.3 Å². The van der Waals surface area contributed by atoms with Crippen LogP contribution in [0.3, 0.4) is 0 Å². The number of rotatable bonds is 4. The number of hydrogen-bond acceptors (Lipinski definition) is 4. The fourth-order valence-electron chi connectivity index (χ4n) is 3.95. The van der Waals surface area contributed by atoms with Gasteiger partial charge in [0, 0.05) is 31.0 Å². The van der Waals surface area contributed by atoms with Gasteiger partial charge in [-0.25, -0.2) is 8.42 Å². The number of alkyl halides is 3. The van der Waals surface area contributed by atoms with Crippen LogP contribution >= 0.6 is 0 Å². The highest BCUT2D eigenvalue weighted by Gasteiger charge is 2.34. The summed E-state index contributed by atoms with van der Waals surface area (Å²) < 4.78 is 65.6. The summed E-state index contributed by atoms with van der Waals surface area (Å²) in [7, 11) is -3.74. The Kier molecular flexibility index (Phi) is 5.69. The average molecular weight is 453 g/mol. The maximum atomic E-state index is 13.1. The molecule has 2 aliphatic heterocycles. The van der Waals surface area contributed by atoms with Gasteiger partial charge in [-0.05, 0) is 67.3 Å². The van der Waals surface area contributed by atoms with Crippen molar-refractivity contribution in [3.63, 3.8) is 0 Å². The maximum absolute atomic E-state index is 13.1. The van der Waals surface area contributed by atoms with Crippen molar-refractivity contribution in [2.24, 2.45) is 5.92 Å². The highest BCUT2D eigenvalue weighted by Crippen LogP contribution is 2.31. The van der Waals surface area contributed by atoms with Gasteiger partial charge in [-0.3, -0.25) is 4.79 Å². The summed E-state index contributed by atoms with van der Waals surface area (Å²) in [5.41, 5.74) is 1.33. The molecule has 2 N–H and O–H groups in total. The summed E-state index contributed by atoms with van der Waals surface area (Å²) in [5, 5.41) is 5.79. The number of carbonyl (C=O) groups excluding carboxylic acids is 1. The molecule has 0 spiro atoms. The molecule has 6 nitrogen and oxygen atoms in total. The van der Waals surface area contributed by atoms with Gasteiger partial charge in [-0.1, -0.05) is 0 Å². The highest BCUT2D eigenvalue weighted by molar-refractivity contribution is 7.89. The number of benzene rings is 2. The fourth-order valence-corrected chi connectivity index (χ4v) is 5.53. The Bertz CT molecular complexity index is 1090. The SMILES string of the molecule is O=C(Nc1ccc(C(F)(F)F)cc1)C1CCCN(S(=O)(=O)c2ccc3c(c2)CCN3)C1. The zero-order valence-corrected chi connectivity index (χ0v) is 17.4. The second kappa shape index (κ2) is 8.16. The molecule has 1 amide bonds. The summed E-state index contributed by atoms with van der Waals surface area (Å²) in [4.78, 5) is 12.9. The maximum Gasteiger partial charge on any atom is 0.416 e. The van der Waals surface area contributed by atoms with Crippen molar-refractivity contribution in [3.8, 4) is 0 Å². The quantitative estimate of drug-likeness (QED) is 0.740. The first-order valence-electron chi connectivity index (χ1n) is 10.00. The molecule has 0 saturated carbocycles. The third kappa shape index (κ3) is 4.54. The first kappa shape index (κ1) is 21.6. The molecule has 1 unspecified atom stereocenters. The first-order chi connectivity index (χ1) is 14.6. The second-order valence-corrected chi connectivity index (χ2v) is 9.70. The predicted molar refractivity (Wildman–Crippen MR) is 110 cm³/mol. The van der Waals surface area contributed by atoms with Gasteiger partial charge in [0.15, 0.2) is 0 Å². The topological polar surface area (TPSA) is 78.5 Å². The van der Waals surface area contributed by atoms with Gasteiger partial charge in [0.05, 0.1) is 16.4 Å². The van der Waals surface area contributed by atoms with Crippen molar-refractivity contribution < 1.29 is 26.4 Å². The Morgan fingerprint density at radius 3 is 2.58 bits per heavy atom. The van der Waals surface area contributed by atoms with E-state index in [4.69, 9.17) is 0 Å². The lowest BCUT2D eigenvalue weighted by atomic mass is 9.98. The van der Waals surface area contributed by atoms with E-state index >= 15 is 0 Å². The molecule has 2 aliphatic rings. The van der Waals surface area contributed by atoms with Crippen molar-refractivity contribution in [2.75, 3.05) is 30.3 Å². The van der Waals surface area contributed by atoms with E-state index in [1.54, 1.807) is 18.2 Å². The summed E-state index contributed by atoms with van der Waals surface area (Å²) in [6, 6.07) is 9.18. The Balaban J connectivity index is 1.44. The van der Waals surface area contributed by atoms with Gasteiger partial charge in [0.1, 0.15) is 0 Å². The molecule has 1 fully saturated rings. The number of anilines is 2. The van der Waals surface area contributed by atoms with Gasteiger partial charge in [0.2, 0.25) is 15.9 Å². The monoisotopic (exact) mass is 453 g/mol. The molecule has 0 bridgehead atoms. The smallest absolute Gasteiger partial charge is 0.384 e. The number of piperidine rings is 1. The van der Waals surface area contributed by atoms with E-state index in [0.717, 1.165) is 36.3 Å². The average Bonchev–Trinajstić information content (AvgIpc) is 3.21. The standard InChI is InChI=1S/C21H22F3N3O3S/c22-21(23,24)16-3-5-17(6-4-16)26-20(28)15-2-1-11-27(13-15)31(29,30)18-7-8-19-14(12-18)9-10-25-19/h3-8,12,15,25H,1-2,9-11,13H2,(H,26,28). The number of carbonyl (C=O) groups is 1. The number of sulfonamides is 1. The lowest BCUT2D eigenvalue weighted by Gasteiger charge is -2.31. The van der Waals surface area contributed by atoms with Crippen molar-refractivity contribution in [2.45, 2.75) is 30.3 Å². The van der Waals surface area contributed by atoms with Gasteiger partial charge < -0.3 is 10.6 Å². The Morgan fingerprint density at radius 2 is 1.87 bits per heavy atom. The molecule has 0 aliphatic carbocycles. The molecule has 1 atom stereocenters. The number of halogens is 3. The summed E-state index contributed by atoms with van der Waals surface area (Å²) in [6.07, 6.45) is -2.66. The van der Waals surface area contributed by atoms with Crippen LogP contribution in [0.4, 0.5) is 24.5 Å². The molecule has 0 aromatic heterocycles. The molecule has 2 aromatic rings. The van der Waals surface area contributed by atoms with Crippen LogP contribution in [0, 0.1) is 5.92 Å². The molecule has 2 aromatic carbocycles. The summed E-state index contributed by atoms with van der Waals surface area (Å²) >= 11 is 0. The number of fused-ring (bicyclic) bond motifs is 1. The van der Waals surface area contributed by atoms with Crippen molar-refractivity contribution in [1.82, 2.24) is 4.31 Å². The van der Waals surface area contributed by atoms with Crippen LogP contribution in [0.25, 0.3) is 0 Å². The van der Waals surface area contributed by atoms with Crippen LogP contribution in [0.15, 0.2) is 47.4 Å². The normalized spacial score (nSPS) is 19.5. The zero-order chi connectivity index (χ0) is 22.2. The van der Waals surface area contributed by atoms with Gasteiger partial charge in [-0.2, -0.15) is 17.5 Å². The van der Waals surface area contributed by atoms with Crippen LogP contribution in [0.5, 0.6) is 0 Å². The Labute approximate surface area is 178 Å². The van der Waals surface area contributed by atoms with Gasteiger partial charge in [-0.15, -0.1) is 0 Å². The van der Waals surface area contributed by atoms with E-state index in [-0.39, 0.29) is 17.1 Å². The number of amides is 1. The first-order valence-corrected chi connectivity index (χ1v) is 11.4. The number of nitrogens with zero attached hydrogens (tertiary/aromatic N) is 1. The van der Waals surface area contributed by atoms with Crippen LogP contribution in [-0.2, 0) is 27.4 Å². The van der Waals surface area contributed by atoms with Gasteiger partial charge >= 0.3 is 6.18 Å². The van der Waals surface area contributed by atoms with Crippen LogP contribution in [0.2, 0.25) is 0 Å². The van der Waals surface area contributed by atoms with E-state index in [0.29, 0.717) is 19.4 Å². The molecule has 166 valence electrons. The van der Waals surface area contributed by atoms with Crippen LogP contribution in [0.1, 0.15) is 24.0 Å². The summed E-state index contributed by atoms with van der Waals surface area (Å²) in [6.45, 7) is 1.13. The van der Waals surface area contributed by atoms with Crippen molar-refractivity contribution >= 4 is 27.3 Å². The van der Waals surface area contributed by atoms with E-state index in [2.05, 4.69) is 10.6 Å². The molecular formula is C21H22F3N3O3S. The minimum Gasteiger partial charge on any atom is -0.384 e. The van der Waals surface area contributed by atoms with Crippen molar-refractivity contribution in [1.29, 1.82) is 0 Å². The molecule has 10 heteroatoms. The third-order valence-corrected chi connectivity index (χ3v) is 7.52. The fraction of sp³-hybridized carbons (Fsp3) is 0.381. The van der Waals surface area contributed by atoms with E-state index in [1.807, 2.05) is 0 Å². The molecule has 0 radical (unpaired) electrons. The van der Waals surface area contributed by atoms with E-state index < -0.39 is 33.6 Å². The highest BCUT2D eigenvalue weighted by atomic mass is 32.2. The van der Waals surface area contributed by atoms with E-state index in [9.17, 15) is 26.4 Å². The molecule has 31 heavy (non-hydrogen) atoms. The predicted octanol–water partition coefficient (Wildman–Crippen LogP) is 3.71. The number of hydrogen-bond donors (Lipinski definition) is 2. The molecule has 2 heterocycles. The van der Waals surface area contributed by atoms with E-state index in [1.165, 1.54) is 16.4 Å². The molecule has 1 saturated heterocycles. The minimum absolute atomic E-state index is 0.0319. The minimum atomic E-state index is -4.45. The second-order valence-electron chi connectivity index (χ2n) is 7.76. The lowest BCUT2D eigenvalue weighted by Crippen LogP contribution is -2.43. The molecular weight excluding hydrogens is 431 g/mol. The lowest BCUT2D eigenvalue weighted by molar-refractivity contribution is -0.137. The van der Waals surface area contributed by atoms with Gasteiger partial charge in [0.25, 0.3) is 0 Å². The number of nitrogens with one attached hydrogen (secondary N) is 2. The molecule has 4 rings (SSSR count). The van der Waals surface area contributed by atoms with Crippen molar-refractivity contribution in [3.05, 3.63) is 53.6 Å². The zero-order valence-electron chi connectivity index (χ0n) is 16.6. The van der Waals surface area contributed by atoms with Crippen LogP contribution < -0.4 is 10.6 Å².